The van der Waals surface area contributed by atoms with E-state index < -0.39 is 5.97 Å². The Balaban J connectivity index is 1.87. The van der Waals surface area contributed by atoms with Gasteiger partial charge >= 0.3 is 5.97 Å². The summed E-state index contributed by atoms with van der Waals surface area (Å²) in [5.41, 5.74) is 1.86. The number of methoxy groups -OCH3 is 1. The normalized spacial score (nSPS) is 9.95. The summed E-state index contributed by atoms with van der Waals surface area (Å²) in [7, 11) is 1.32. The maximum atomic E-state index is 11.9. The third-order valence-corrected chi connectivity index (χ3v) is 2.88. The number of rotatable bonds is 5. The van der Waals surface area contributed by atoms with Crippen LogP contribution in [0, 0.1) is 0 Å². The van der Waals surface area contributed by atoms with Crippen molar-refractivity contribution in [2.24, 2.45) is 0 Å². The Kier molecular flexibility index (Phi) is 4.98. The number of esters is 1. The molecule has 1 N–H and O–H groups in total. The number of nitrogens with zero attached hydrogens (tertiary/aromatic N) is 2. The molecule has 0 unspecified atom stereocenters. The van der Waals surface area contributed by atoms with Crippen LogP contribution in [0.2, 0.25) is 0 Å². The summed E-state index contributed by atoms with van der Waals surface area (Å²) in [6, 6.07) is 6.30. The fourth-order valence-electron chi connectivity index (χ4n) is 1.76. The van der Waals surface area contributed by atoms with Gasteiger partial charge in [0.15, 0.2) is 0 Å². The minimum absolute atomic E-state index is 0.191. The second kappa shape index (κ2) is 7.14. The molecule has 1 aromatic heterocycles. The van der Waals surface area contributed by atoms with Gasteiger partial charge in [0.2, 0.25) is 0 Å². The lowest BCUT2D eigenvalue weighted by Gasteiger charge is -2.05. The summed E-state index contributed by atoms with van der Waals surface area (Å²) >= 11 is 0. The van der Waals surface area contributed by atoms with Crippen LogP contribution in [-0.4, -0.2) is 35.5 Å². The number of carbonyl (C=O) groups is 2. The second-order valence-electron chi connectivity index (χ2n) is 4.32. The number of amides is 1. The molecule has 0 radical (unpaired) electrons. The van der Waals surface area contributed by atoms with Crippen LogP contribution < -0.4 is 5.32 Å². The van der Waals surface area contributed by atoms with E-state index in [-0.39, 0.29) is 5.91 Å². The maximum Gasteiger partial charge on any atom is 0.337 e. The molecule has 1 heterocycles. The molecule has 0 aliphatic rings. The largest absolute Gasteiger partial charge is 0.465 e. The highest BCUT2D eigenvalue weighted by Crippen LogP contribution is 2.05. The van der Waals surface area contributed by atoms with Crippen LogP contribution in [0.25, 0.3) is 0 Å². The predicted molar refractivity (Wildman–Crippen MR) is 75.9 cm³/mol. The Morgan fingerprint density at radius 1 is 1.10 bits per heavy atom. The second-order valence-corrected chi connectivity index (χ2v) is 4.32. The summed E-state index contributed by atoms with van der Waals surface area (Å²) in [6.45, 7) is 0.491. The summed E-state index contributed by atoms with van der Waals surface area (Å²) in [6.07, 6.45) is 5.55. The quantitative estimate of drug-likeness (QED) is 0.836. The number of aromatic nitrogens is 2. The molecule has 2 aromatic rings. The van der Waals surface area contributed by atoms with E-state index in [1.54, 1.807) is 36.7 Å². The molecular weight excluding hydrogens is 270 g/mol. The molecule has 0 atom stereocenters. The molecule has 0 aliphatic carbocycles. The van der Waals surface area contributed by atoms with E-state index in [1.807, 2.05) is 0 Å². The van der Waals surface area contributed by atoms with Crippen LogP contribution in [0.15, 0.2) is 43.0 Å². The Bertz CT molecular complexity index is 612. The molecule has 1 aromatic carbocycles. The van der Waals surface area contributed by atoms with Crippen molar-refractivity contribution in [1.82, 2.24) is 15.3 Å². The number of benzene rings is 1. The third-order valence-electron chi connectivity index (χ3n) is 2.88. The molecular formula is C15H15N3O3. The summed E-state index contributed by atoms with van der Waals surface area (Å²) in [5, 5.41) is 2.80. The van der Waals surface area contributed by atoms with Crippen molar-refractivity contribution in [3.8, 4) is 0 Å². The van der Waals surface area contributed by atoms with E-state index in [0.29, 0.717) is 24.1 Å². The zero-order valence-electron chi connectivity index (χ0n) is 11.6. The molecule has 21 heavy (non-hydrogen) atoms. The molecule has 0 aliphatic heterocycles. The number of hydrogen-bond donors (Lipinski definition) is 1. The fourth-order valence-corrected chi connectivity index (χ4v) is 1.76. The van der Waals surface area contributed by atoms with Crippen molar-refractivity contribution >= 4 is 11.9 Å². The minimum Gasteiger partial charge on any atom is -0.465 e. The molecule has 0 spiro atoms. The lowest BCUT2D eigenvalue weighted by atomic mass is 10.1. The van der Waals surface area contributed by atoms with Gasteiger partial charge in [0.25, 0.3) is 5.91 Å². The monoisotopic (exact) mass is 285 g/mol. The fraction of sp³-hybridized carbons (Fsp3) is 0.200. The smallest absolute Gasteiger partial charge is 0.337 e. The first-order valence-electron chi connectivity index (χ1n) is 6.41. The first-order chi connectivity index (χ1) is 10.2. The first-order valence-corrected chi connectivity index (χ1v) is 6.41. The highest BCUT2D eigenvalue weighted by Gasteiger charge is 2.08. The average Bonchev–Trinajstić information content (AvgIpc) is 2.55. The zero-order chi connectivity index (χ0) is 15.1. The molecule has 0 fully saturated rings. The summed E-state index contributed by atoms with van der Waals surface area (Å²) in [4.78, 5) is 31.0. The van der Waals surface area contributed by atoms with Gasteiger partial charge in [-0.2, -0.15) is 0 Å². The Morgan fingerprint density at radius 2 is 1.71 bits per heavy atom. The van der Waals surface area contributed by atoms with Gasteiger partial charge in [-0.1, -0.05) is 0 Å². The van der Waals surface area contributed by atoms with Crippen molar-refractivity contribution in [2.75, 3.05) is 13.7 Å². The van der Waals surface area contributed by atoms with Gasteiger partial charge < -0.3 is 10.1 Å². The number of nitrogens with one attached hydrogen (secondary N) is 1. The molecule has 0 saturated carbocycles. The highest BCUT2D eigenvalue weighted by molar-refractivity contribution is 5.96. The van der Waals surface area contributed by atoms with Crippen LogP contribution in [0.5, 0.6) is 0 Å². The van der Waals surface area contributed by atoms with Gasteiger partial charge in [-0.25, -0.2) is 14.8 Å². The van der Waals surface area contributed by atoms with Crippen molar-refractivity contribution in [1.29, 1.82) is 0 Å². The molecule has 0 saturated heterocycles. The van der Waals surface area contributed by atoms with Crippen LogP contribution >= 0.6 is 0 Å². The van der Waals surface area contributed by atoms with E-state index in [1.165, 1.54) is 13.4 Å². The predicted octanol–water partition coefficient (Wildman–Crippen LogP) is 1.24. The van der Waals surface area contributed by atoms with E-state index in [9.17, 15) is 9.59 Å². The summed E-state index contributed by atoms with van der Waals surface area (Å²) in [5.74, 6) is -0.616. The van der Waals surface area contributed by atoms with Gasteiger partial charge in [-0.3, -0.25) is 4.79 Å². The minimum atomic E-state index is -0.425. The Labute approximate surface area is 122 Å². The number of ether oxygens (including phenoxy) is 1. The highest BCUT2D eigenvalue weighted by atomic mass is 16.5. The lowest BCUT2D eigenvalue weighted by molar-refractivity contribution is 0.0600. The molecule has 2 rings (SSSR count). The van der Waals surface area contributed by atoms with Crippen molar-refractivity contribution in [3.05, 3.63) is 59.7 Å². The molecule has 0 bridgehead atoms. The van der Waals surface area contributed by atoms with Crippen molar-refractivity contribution < 1.29 is 14.3 Å². The Hall–Kier alpha value is -2.76. The standard InChI is InChI=1S/C15H15N3O3/c1-21-15(20)13-4-2-12(3-5-13)14(19)18-7-6-11-8-16-10-17-9-11/h2-5,8-10H,6-7H2,1H3,(H,18,19). The van der Waals surface area contributed by atoms with Crippen LogP contribution in [0.3, 0.4) is 0 Å². The summed E-state index contributed by atoms with van der Waals surface area (Å²) < 4.78 is 4.60. The molecule has 108 valence electrons. The van der Waals surface area contributed by atoms with Gasteiger partial charge in [-0.15, -0.1) is 0 Å². The van der Waals surface area contributed by atoms with Crippen LogP contribution in [-0.2, 0) is 11.2 Å². The number of carbonyl (C=O) groups excluding carboxylic acids is 2. The van der Waals surface area contributed by atoms with Crippen molar-refractivity contribution in [3.63, 3.8) is 0 Å². The average molecular weight is 285 g/mol. The van der Waals surface area contributed by atoms with E-state index >= 15 is 0 Å². The van der Waals surface area contributed by atoms with E-state index in [4.69, 9.17) is 0 Å². The maximum absolute atomic E-state index is 11.9. The van der Waals surface area contributed by atoms with E-state index in [2.05, 4.69) is 20.0 Å². The Morgan fingerprint density at radius 3 is 2.33 bits per heavy atom. The van der Waals surface area contributed by atoms with Gasteiger partial charge in [-0.05, 0) is 36.2 Å². The molecule has 6 nitrogen and oxygen atoms in total. The van der Waals surface area contributed by atoms with Gasteiger partial charge in [0.05, 0.1) is 12.7 Å². The van der Waals surface area contributed by atoms with E-state index in [0.717, 1.165) is 5.56 Å². The number of hydrogen-bond acceptors (Lipinski definition) is 5. The van der Waals surface area contributed by atoms with Crippen LogP contribution in [0.1, 0.15) is 26.3 Å². The topological polar surface area (TPSA) is 81.2 Å². The van der Waals surface area contributed by atoms with Crippen LogP contribution in [0.4, 0.5) is 0 Å². The molecule has 1 amide bonds. The zero-order valence-corrected chi connectivity index (χ0v) is 11.6. The van der Waals surface area contributed by atoms with Gasteiger partial charge in [0.1, 0.15) is 6.33 Å². The SMILES string of the molecule is COC(=O)c1ccc(C(=O)NCCc2cncnc2)cc1. The van der Waals surface area contributed by atoms with Gasteiger partial charge in [0, 0.05) is 24.5 Å². The lowest BCUT2D eigenvalue weighted by Crippen LogP contribution is -2.25. The molecule has 6 heteroatoms. The first kappa shape index (κ1) is 14.6. The third kappa shape index (κ3) is 4.10. The van der Waals surface area contributed by atoms with Crippen molar-refractivity contribution in [2.45, 2.75) is 6.42 Å².